The van der Waals surface area contributed by atoms with Gasteiger partial charge in [0.1, 0.15) is 0 Å². The second-order valence-corrected chi connectivity index (χ2v) is 4.32. The van der Waals surface area contributed by atoms with Gasteiger partial charge in [-0.2, -0.15) is 0 Å². The molecule has 106 valence electrons. The third-order valence-electron chi connectivity index (χ3n) is 2.69. The smallest absolute Gasteiger partial charge is 0.374 e. The van der Waals surface area contributed by atoms with E-state index in [4.69, 9.17) is 0 Å². The van der Waals surface area contributed by atoms with Crippen LogP contribution < -0.4 is 5.32 Å². The molecule has 1 N–H and O–H groups in total. The van der Waals surface area contributed by atoms with E-state index in [9.17, 15) is 9.59 Å². The maximum absolute atomic E-state index is 12.0. The van der Waals surface area contributed by atoms with Gasteiger partial charge >= 0.3 is 5.97 Å². The number of amides is 1. The minimum atomic E-state index is -0.569. The van der Waals surface area contributed by atoms with Crippen molar-refractivity contribution >= 4 is 17.7 Å². The molecule has 0 saturated carbocycles. The fourth-order valence-electron chi connectivity index (χ4n) is 1.81. The molecule has 8 heteroatoms. The van der Waals surface area contributed by atoms with Crippen molar-refractivity contribution in [3.05, 3.63) is 29.7 Å². The van der Waals surface area contributed by atoms with Crippen LogP contribution >= 0.6 is 0 Å². The van der Waals surface area contributed by atoms with Crippen LogP contribution in [0.4, 0.5) is 5.82 Å². The van der Waals surface area contributed by atoms with Crippen LogP contribution in [0.1, 0.15) is 26.9 Å². The zero-order valence-electron chi connectivity index (χ0n) is 11.7. The quantitative estimate of drug-likeness (QED) is 0.825. The molecule has 8 nitrogen and oxygen atoms in total. The van der Waals surface area contributed by atoms with Crippen molar-refractivity contribution in [1.29, 1.82) is 0 Å². The van der Waals surface area contributed by atoms with Crippen molar-refractivity contribution in [2.45, 2.75) is 6.92 Å². The minimum absolute atomic E-state index is 0.110. The second kappa shape index (κ2) is 5.16. The molecule has 0 bridgehead atoms. The van der Waals surface area contributed by atoms with Crippen LogP contribution in [-0.2, 0) is 18.8 Å². The lowest BCUT2D eigenvalue weighted by Gasteiger charge is -2.01. The number of aromatic nitrogens is 4. The van der Waals surface area contributed by atoms with Gasteiger partial charge in [-0.3, -0.25) is 4.79 Å². The molecule has 0 aromatic carbocycles. The van der Waals surface area contributed by atoms with Gasteiger partial charge in [0.2, 0.25) is 5.82 Å². The maximum atomic E-state index is 12.0. The van der Waals surface area contributed by atoms with E-state index >= 15 is 0 Å². The van der Waals surface area contributed by atoms with Gasteiger partial charge in [-0.05, 0) is 6.92 Å². The summed E-state index contributed by atoms with van der Waals surface area (Å²) < 4.78 is 7.69. The number of ether oxygens (including phenoxy) is 1. The Morgan fingerprint density at radius 3 is 2.35 bits per heavy atom. The van der Waals surface area contributed by atoms with Gasteiger partial charge in [0.25, 0.3) is 5.91 Å². The summed E-state index contributed by atoms with van der Waals surface area (Å²) in [6, 6.07) is 0. The first-order chi connectivity index (χ1) is 9.42. The van der Waals surface area contributed by atoms with E-state index in [-0.39, 0.29) is 17.5 Å². The number of hydrogen-bond donors (Lipinski definition) is 1. The lowest BCUT2D eigenvalue weighted by molar-refractivity contribution is 0.0582. The molecule has 2 aromatic heterocycles. The lowest BCUT2D eigenvalue weighted by Crippen LogP contribution is -2.17. The van der Waals surface area contributed by atoms with Crippen molar-refractivity contribution in [2.24, 2.45) is 14.1 Å². The Morgan fingerprint density at radius 2 is 1.80 bits per heavy atom. The zero-order valence-corrected chi connectivity index (χ0v) is 11.7. The van der Waals surface area contributed by atoms with Crippen LogP contribution in [0.25, 0.3) is 0 Å². The molecule has 0 aliphatic carbocycles. The van der Waals surface area contributed by atoms with E-state index in [1.807, 2.05) is 0 Å². The number of aryl methyl sites for hydroxylation is 3. The average Bonchev–Trinajstić information content (AvgIpc) is 2.91. The minimum Gasteiger partial charge on any atom is -0.463 e. The van der Waals surface area contributed by atoms with E-state index in [0.717, 1.165) is 5.69 Å². The molecule has 2 heterocycles. The van der Waals surface area contributed by atoms with E-state index < -0.39 is 11.9 Å². The molecule has 0 fully saturated rings. The Bertz CT molecular complexity index is 671. The topological polar surface area (TPSA) is 91.0 Å². The Hall–Kier alpha value is -2.64. The highest BCUT2D eigenvalue weighted by Crippen LogP contribution is 2.10. The summed E-state index contributed by atoms with van der Waals surface area (Å²) >= 11 is 0. The first-order valence-corrected chi connectivity index (χ1v) is 5.85. The summed E-state index contributed by atoms with van der Waals surface area (Å²) in [4.78, 5) is 31.6. The first kappa shape index (κ1) is 13.8. The number of esters is 1. The average molecular weight is 277 g/mol. The molecule has 0 unspecified atom stereocenters. The van der Waals surface area contributed by atoms with Gasteiger partial charge < -0.3 is 19.2 Å². The number of nitrogens with zero attached hydrogens (tertiary/aromatic N) is 4. The van der Waals surface area contributed by atoms with Crippen LogP contribution in [0.15, 0.2) is 12.4 Å². The highest BCUT2D eigenvalue weighted by Gasteiger charge is 2.18. The van der Waals surface area contributed by atoms with E-state index in [1.165, 1.54) is 17.9 Å². The van der Waals surface area contributed by atoms with Gasteiger partial charge in [-0.25, -0.2) is 14.8 Å². The molecule has 0 aliphatic heterocycles. The predicted molar refractivity (Wildman–Crippen MR) is 70.4 cm³/mol. The monoisotopic (exact) mass is 277 g/mol. The summed E-state index contributed by atoms with van der Waals surface area (Å²) in [6.45, 7) is 1.80. The SMILES string of the molecule is COC(=O)c1nc(NC(=O)c2nc(C)cn2C)cn1C. The molecule has 0 aliphatic rings. The molecule has 2 rings (SSSR count). The van der Waals surface area contributed by atoms with Crippen molar-refractivity contribution in [2.75, 3.05) is 12.4 Å². The standard InChI is InChI=1S/C12H15N5O3/c1-7-5-16(2)9(13-7)11(18)15-8-6-17(3)10(14-8)12(19)20-4/h5-6H,1-4H3,(H,15,18). The zero-order chi connectivity index (χ0) is 14.9. The van der Waals surface area contributed by atoms with Crippen molar-refractivity contribution < 1.29 is 14.3 Å². The first-order valence-electron chi connectivity index (χ1n) is 5.85. The Balaban J connectivity index is 2.20. The summed E-state index contributed by atoms with van der Waals surface area (Å²) in [5.41, 5.74) is 0.744. The van der Waals surface area contributed by atoms with E-state index in [0.29, 0.717) is 0 Å². The molecule has 0 radical (unpaired) electrons. The second-order valence-electron chi connectivity index (χ2n) is 4.32. The fourth-order valence-corrected chi connectivity index (χ4v) is 1.81. The number of carbonyl (C=O) groups is 2. The summed E-state index contributed by atoms with van der Waals surface area (Å²) in [5, 5.41) is 2.59. The van der Waals surface area contributed by atoms with Crippen LogP contribution in [-0.4, -0.2) is 38.1 Å². The fraction of sp³-hybridized carbons (Fsp3) is 0.333. The van der Waals surface area contributed by atoms with Crippen LogP contribution in [0, 0.1) is 6.92 Å². The number of anilines is 1. The third-order valence-corrected chi connectivity index (χ3v) is 2.69. The van der Waals surface area contributed by atoms with Gasteiger partial charge in [-0.15, -0.1) is 0 Å². The number of nitrogens with one attached hydrogen (secondary N) is 1. The van der Waals surface area contributed by atoms with Gasteiger partial charge in [0.05, 0.1) is 12.8 Å². The molecule has 0 atom stereocenters. The highest BCUT2D eigenvalue weighted by molar-refractivity contribution is 6.01. The Morgan fingerprint density at radius 1 is 1.15 bits per heavy atom. The van der Waals surface area contributed by atoms with Gasteiger partial charge in [0, 0.05) is 26.5 Å². The maximum Gasteiger partial charge on any atom is 0.374 e. The van der Waals surface area contributed by atoms with Crippen LogP contribution in [0.5, 0.6) is 0 Å². The molecule has 0 spiro atoms. The number of methoxy groups -OCH3 is 1. The van der Waals surface area contributed by atoms with Gasteiger partial charge in [0.15, 0.2) is 11.6 Å². The van der Waals surface area contributed by atoms with Crippen molar-refractivity contribution in [1.82, 2.24) is 19.1 Å². The number of rotatable bonds is 3. The third kappa shape index (κ3) is 2.53. The van der Waals surface area contributed by atoms with E-state index in [1.54, 1.807) is 31.8 Å². The molecule has 1 amide bonds. The number of imidazole rings is 2. The van der Waals surface area contributed by atoms with Crippen molar-refractivity contribution in [3.8, 4) is 0 Å². The van der Waals surface area contributed by atoms with Crippen molar-refractivity contribution in [3.63, 3.8) is 0 Å². The summed E-state index contributed by atoms with van der Waals surface area (Å²) in [5.74, 6) is -0.318. The van der Waals surface area contributed by atoms with Crippen LogP contribution in [0.3, 0.4) is 0 Å². The predicted octanol–water partition coefficient (Wildman–Crippen LogP) is 0.501. The molecular formula is C12H15N5O3. The van der Waals surface area contributed by atoms with Crippen LogP contribution in [0.2, 0.25) is 0 Å². The Labute approximate surface area is 115 Å². The normalized spacial score (nSPS) is 10.4. The largest absolute Gasteiger partial charge is 0.463 e. The summed E-state index contributed by atoms with van der Waals surface area (Å²) in [6.07, 6.45) is 3.27. The summed E-state index contributed by atoms with van der Waals surface area (Å²) in [7, 11) is 4.64. The molecule has 2 aromatic rings. The van der Waals surface area contributed by atoms with E-state index in [2.05, 4.69) is 20.0 Å². The number of hydrogen-bond acceptors (Lipinski definition) is 5. The lowest BCUT2D eigenvalue weighted by atomic mass is 10.5. The number of carbonyl (C=O) groups excluding carboxylic acids is 2. The molecular weight excluding hydrogens is 262 g/mol. The molecule has 20 heavy (non-hydrogen) atoms. The Kier molecular flexibility index (Phi) is 3.55. The van der Waals surface area contributed by atoms with Gasteiger partial charge in [-0.1, -0.05) is 0 Å². The molecule has 0 saturated heterocycles. The highest BCUT2D eigenvalue weighted by atomic mass is 16.5.